The predicted octanol–water partition coefficient (Wildman–Crippen LogP) is 0.428. The van der Waals surface area contributed by atoms with Crippen LogP contribution in [0.1, 0.15) is 12.5 Å². The van der Waals surface area contributed by atoms with Gasteiger partial charge in [0.25, 0.3) is 0 Å². The minimum absolute atomic E-state index is 0.109. The van der Waals surface area contributed by atoms with Crippen LogP contribution in [0.4, 0.5) is 0 Å². The second-order valence-corrected chi connectivity index (χ2v) is 3.61. The van der Waals surface area contributed by atoms with Gasteiger partial charge in [-0.2, -0.15) is 15.4 Å². The van der Waals surface area contributed by atoms with Gasteiger partial charge in [0.1, 0.15) is 11.0 Å². The molecule has 5 nitrogen and oxygen atoms in total. The number of benzene rings is 1. The SMILES string of the molecule is CC(CO)NCc1ccc2n[nH]nc2c1. The Kier molecular flexibility index (Phi) is 2.94. The summed E-state index contributed by atoms with van der Waals surface area (Å²) in [5, 5.41) is 22.6. The molecule has 0 radical (unpaired) electrons. The van der Waals surface area contributed by atoms with Crippen LogP contribution in [0.15, 0.2) is 18.2 Å². The molecule has 0 aliphatic carbocycles. The van der Waals surface area contributed by atoms with Crippen molar-refractivity contribution in [2.75, 3.05) is 6.61 Å². The lowest BCUT2D eigenvalue weighted by molar-refractivity contribution is 0.251. The Morgan fingerprint density at radius 3 is 3.00 bits per heavy atom. The molecule has 0 amide bonds. The molecule has 1 unspecified atom stereocenters. The molecule has 1 aromatic heterocycles. The lowest BCUT2D eigenvalue weighted by Crippen LogP contribution is -2.28. The summed E-state index contributed by atoms with van der Waals surface area (Å²) < 4.78 is 0. The molecule has 0 aliphatic heterocycles. The maximum Gasteiger partial charge on any atom is 0.113 e. The molecule has 0 bridgehead atoms. The Hall–Kier alpha value is -1.46. The number of aliphatic hydroxyl groups is 1. The smallest absolute Gasteiger partial charge is 0.113 e. The fraction of sp³-hybridized carbons (Fsp3) is 0.400. The molecule has 0 spiro atoms. The minimum atomic E-state index is 0.109. The van der Waals surface area contributed by atoms with Crippen molar-refractivity contribution in [3.8, 4) is 0 Å². The third-order valence-electron chi connectivity index (χ3n) is 2.31. The monoisotopic (exact) mass is 206 g/mol. The van der Waals surface area contributed by atoms with E-state index in [0.29, 0.717) is 0 Å². The Labute approximate surface area is 87.5 Å². The maximum absolute atomic E-state index is 8.86. The highest BCUT2D eigenvalue weighted by atomic mass is 16.3. The van der Waals surface area contributed by atoms with Gasteiger partial charge in [-0.05, 0) is 24.6 Å². The van der Waals surface area contributed by atoms with E-state index in [1.54, 1.807) is 0 Å². The maximum atomic E-state index is 8.86. The van der Waals surface area contributed by atoms with Gasteiger partial charge in [0.15, 0.2) is 0 Å². The average Bonchev–Trinajstić information content (AvgIpc) is 2.72. The fourth-order valence-corrected chi connectivity index (χ4v) is 1.35. The van der Waals surface area contributed by atoms with Crippen LogP contribution in [0, 0.1) is 0 Å². The molecule has 5 heteroatoms. The number of rotatable bonds is 4. The van der Waals surface area contributed by atoms with E-state index >= 15 is 0 Å². The van der Waals surface area contributed by atoms with E-state index in [1.165, 1.54) is 0 Å². The molecular formula is C10H14N4O. The first-order chi connectivity index (χ1) is 7.29. The van der Waals surface area contributed by atoms with Gasteiger partial charge in [-0.15, -0.1) is 0 Å². The molecule has 1 heterocycles. The van der Waals surface area contributed by atoms with E-state index in [9.17, 15) is 0 Å². The summed E-state index contributed by atoms with van der Waals surface area (Å²) in [5.41, 5.74) is 2.87. The highest BCUT2D eigenvalue weighted by Gasteiger charge is 2.02. The van der Waals surface area contributed by atoms with Crippen molar-refractivity contribution in [2.24, 2.45) is 0 Å². The number of H-pyrrole nitrogens is 1. The molecule has 0 fully saturated rings. The van der Waals surface area contributed by atoms with Gasteiger partial charge in [0.05, 0.1) is 6.61 Å². The molecule has 0 saturated heterocycles. The molecule has 2 rings (SSSR count). The van der Waals surface area contributed by atoms with Crippen LogP contribution >= 0.6 is 0 Å². The second-order valence-electron chi connectivity index (χ2n) is 3.61. The summed E-state index contributed by atoms with van der Waals surface area (Å²) in [6.45, 7) is 2.81. The highest BCUT2D eigenvalue weighted by Crippen LogP contribution is 2.10. The van der Waals surface area contributed by atoms with E-state index in [1.807, 2.05) is 25.1 Å². The topological polar surface area (TPSA) is 73.8 Å². The molecule has 15 heavy (non-hydrogen) atoms. The quantitative estimate of drug-likeness (QED) is 0.678. The van der Waals surface area contributed by atoms with Crippen LogP contribution < -0.4 is 5.32 Å². The standard InChI is InChI=1S/C10H14N4O/c1-7(6-15)11-5-8-2-3-9-10(4-8)13-14-12-9/h2-4,7,11,15H,5-6H2,1H3,(H,12,13,14). The summed E-state index contributed by atoms with van der Waals surface area (Å²) in [6.07, 6.45) is 0. The Bertz CT molecular complexity index is 440. The van der Waals surface area contributed by atoms with Crippen LogP contribution in [0.25, 0.3) is 11.0 Å². The van der Waals surface area contributed by atoms with Crippen molar-refractivity contribution < 1.29 is 5.11 Å². The van der Waals surface area contributed by atoms with Crippen LogP contribution in [0.3, 0.4) is 0 Å². The Balaban J connectivity index is 2.08. The molecule has 0 aliphatic rings. The van der Waals surface area contributed by atoms with Gasteiger partial charge in [0.2, 0.25) is 0 Å². The van der Waals surface area contributed by atoms with Crippen LogP contribution in [0.2, 0.25) is 0 Å². The molecule has 3 N–H and O–H groups in total. The highest BCUT2D eigenvalue weighted by molar-refractivity contribution is 5.74. The lowest BCUT2D eigenvalue weighted by atomic mass is 10.2. The predicted molar refractivity (Wildman–Crippen MR) is 57.3 cm³/mol. The third kappa shape index (κ3) is 2.31. The van der Waals surface area contributed by atoms with E-state index in [2.05, 4.69) is 20.7 Å². The Morgan fingerprint density at radius 2 is 2.20 bits per heavy atom. The number of nitrogens with zero attached hydrogens (tertiary/aromatic N) is 2. The first kappa shape index (κ1) is 10.1. The molecule has 1 atom stereocenters. The zero-order valence-electron chi connectivity index (χ0n) is 8.57. The van der Waals surface area contributed by atoms with Crippen LogP contribution in [0.5, 0.6) is 0 Å². The molecule has 80 valence electrons. The van der Waals surface area contributed by atoms with Crippen molar-refractivity contribution in [1.29, 1.82) is 0 Å². The van der Waals surface area contributed by atoms with Gasteiger partial charge >= 0.3 is 0 Å². The normalized spacial score (nSPS) is 13.2. The zero-order chi connectivity index (χ0) is 10.7. The summed E-state index contributed by atoms with van der Waals surface area (Å²) in [5.74, 6) is 0. The summed E-state index contributed by atoms with van der Waals surface area (Å²) in [4.78, 5) is 0. The van der Waals surface area contributed by atoms with E-state index in [4.69, 9.17) is 5.11 Å². The van der Waals surface area contributed by atoms with Gasteiger partial charge in [-0.25, -0.2) is 0 Å². The number of hydrogen-bond donors (Lipinski definition) is 3. The Morgan fingerprint density at radius 1 is 1.40 bits per heavy atom. The van der Waals surface area contributed by atoms with Crippen molar-refractivity contribution in [3.63, 3.8) is 0 Å². The summed E-state index contributed by atoms with van der Waals surface area (Å²) in [7, 11) is 0. The number of aliphatic hydroxyl groups excluding tert-OH is 1. The first-order valence-electron chi connectivity index (χ1n) is 4.93. The van der Waals surface area contributed by atoms with Crippen molar-refractivity contribution >= 4 is 11.0 Å². The number of nitrogens with one attached hydrogen (secondary N) is 2. The lowest BCUT2D eigenvalue weighted by Gasteiger charge is -2.09. The van der Waals surface area contributed by atoms with E-state index < -0.39 is 0 Å². The first-order valence-corrected chi connectivity index (χ1v) is 4.93. The van der Waals surface area contributed by atoms with E-state index in [-0.39, 0.29) is 12.6 Å². The number of hydrogen-bond acceptors (Lipinski definition) is 4. The zero-order valence-corrected chi connectivity index (χ0v) is 8.57. The minimum Gasteiger partial charge on any atom is -0.395 e. The van der Waals surface area contributed by atoms with Gasteiger partial charge in [-0.3, -0.25) is 0 Å². The fourth-order valence-electron chi connectivity index (χ4n) is 1.35. The molecular weight excluding hydrogens is 192 g/mol. The second kappa shape index (κ2) is 4.37. The molecule has 2 aromatic rings. The average molecular weight is 206 g/mol. The summed E-state index contributed by atoms with van der Waals surface area (Å²) >= 11 is 0. The van der Waals surface area contributed by atoms with Gasteiger partial charge < -0.3 is 10.4 Å². The van der Waals surface area contributed by atoms with E-state index in [0.717, 1.165) is 23.1 Å². The third-order valence-corrected chi connectivity index (χ3v) is 2.31. The van der Waals surface area contributed by atoms with Crippen LogP contribution in [-0.4, -0.2) is 33.2 Å². The number of aromatic amines is 1. The summed E-state index contributed by atoms with van der Waals surface area (Å²) in [6, 6.07) is 6.02. The van der Waals surface area contributed by atoms with Gasteiger partial charge in [0, 0.05) is 12.6 Å². The van der Waals surface area contributed by atoms with Crippen molar-refractivity contribution in [3.05, 3.63) is 23.8 Å². The van der Waals surface area contributed by atoms with Crippen molar-refractivity contribution in [1.82, 2.24) is 20.7 Å². The van der Waals surface area contributed by atoms with Crippen LogP contribution in [-0.2, 0) is 6.54 Å². The number of fused-ring (bicyclic) bond motifs is 1. The van der Waals surface area contributed by atoms with Crippen molar-refractivity contribution in [2.45, 2.75) is 19.5 Å². The molecule has 0 saturated carbocycles. The largest absolute Gasteiger partial charge is 0.395 e. The number of aromatic nitrogens is 3. The molecule has 1 aromatic carbocycles. The van der Waals surface area contributed by atoms with Gasteiger partial charge in [-0.1, -0.05) is 6.07 Å².